The van der Waals surface area contributed by atoms with Crippen molar-refractivity contribution in [3.05, 3.63) is 58.6 Å². The summed E-state index contributed by atoms with van der Waals surface area (Å²) in [6.07, 6.45) is 2.17. The van der Waals surface area contributed by atoms with Gasteiger partial charge >= 0.3 is 6.03 Å². The van der Waals surface area contributed by atoms with Crippen LogP contribution in [0.1, 0.15) is 24.0 Å². The molecule has 0 atom stereocenters. The first kappa shape index (κ1) is 17.4. The van der Waals surface area contributed by atoms with E-state index in [2.05, 4.69) is 42.4 Å². The molecule has 0 bridgehead atoms. The average molecular weight is 370 g/mol. The Morgan fingerprint density at radius 2 is 1.92 bits per heavy atom. The number of piperidine rings is 1. The molecule has 0 unspecified atom stereocenters. The van der Waals surface area contributed by atoms with Crippen LogP contribution in [0.15, 0.2) is 42.5 Å². The number of halogens is 1. The summed E-state index contributed by atoms with van der Waals surface area (Å²) in [4.78, 5) is 17.3. The van der Waals surface area contributed by atoms with Crippen LogP contribution in [0.4, 0.5) is 16.2 Å². The maximum absolute atomic E-state index is 13.0. The van der Waals surface area contributed by atoms with Gasteiger partial charge in [0.1, 0.15) is 0 Å². The largest absolute Gasteiger partial charge is 0.326 e. The van der Waals surface area contributed by atoms with E-state index in [1.165, 1.54) is 11.1 Å². The molecule has 1 N–H and O–H groups in total. The summed E-state index contributed by atoms with van der Waals surface area (Å²) >= 11 is 6.05. The number of hydrogen-bond acceptors (Lipinski definition) is 2. The minimum atomic E-state index is -0.0897. The third-order valence-corrected chi connectivity index (χ3v) is 5.98. The van der Waals surface area contributed by atoms with E-state index >= 15 is 0 Å². The molecule has 0 radical (unpaired) electrons. The van der Waals surface area contributed by atoms with Crippen molar-refractivity contribution in [2.45, 2.75) is 25.2 Å². The number of hydrogen-bond donors (Lipinski definition) is 1. The highest BCUT2D eigenvalue weighted by molar-refractivity contribution is 6.30. The third-order valence-electron chi connectivity index (χ3n) is 5.74. The first-order chi connectivity index (χ1) is 12.5. The molecule has 0 saturated carbocycles. The maximum atomic E-state index is 13.0. The lowest BCUT2D eigenvalue weighted by Gasteiger charge is -2.38. The second-order valence-corrected chi connectivity index (χ2v) is 8.07. The number of amides is 2. The van der Waals surface area contributed by atoms with Gasteiger partial charge in [0.25, 0.3) is 0 Å². The fraction of sp³-hybridized carbons (Fsp3) is 0.381. The number of fused-ring (bicyclic) bond motifs is 2. The van der Waals surface area contributed by atoms with Crippen molar-refractivity contribution >= 4 is 29.0 Å². The fourth-order valence-electron chi connectivity index (χ4n) is 4.20. The van der Waals surface area contributed by atoms with Crippen LogP contribution in [0.3, 0.4) is 0 Å². The zero-order valence-electron chi connectivity index (χ0n) is 15.3. The van der Waals surface area contributed by atoms with Crippen LogP contribution in [0.5, 0.6) is 0 Å². The summed E-state index contributed by atoms with van der Waals surface area (Å²) < 4.78 is 0. The zero-order chi connectivity index (χ0) is 18.3. The van der Waals surface area contributed by atoms with Crippen molar-refractivity contribution in [1.82, 2.24) is 4.90 Å². The van der Waals surface area contributed by atoms with Gasteiger partial charge < -0.3 is 10.2 Å². The van der Waals surface area contributed by atoms with Crippen molar-refractivity contribution in [3.63, 3.8) is 0 Å². The zero-order valence-corrected chi connectivity index (χ0v) is 16.0. The molecule has 26 heavy (non-hydrogen) atoms. The number of urea groups is 1. The predicted molar refractivity (Wildman–Crippen MR) is 107 cm³/mol. The highest BCUT2D eigenvalue weighted by Crippen LogP contribution is 2.47. The van der Waals surface area contributed by atoms with E-state index < -0.39 is 0 Å². The lowest BCUT2D eigenvalue weighted by Crippen LogP contribution is -2.45. The third kappa shape index (κ3) is 3.08. The van der Waals surface area contributed by atoms with Crippen molar-refractivity contribution in [2.75, 3.05) is 36.9 Å². The van der Waals surface area contributed by atoms with Gasteiger partial charge in [0.2, 0.25) is 0 Å². The Balaban J connectivity index is 1.65. The number of rotatable bonds is 1. The van der Waals surface area contributed by atoms with Gasteiger partial charge in [-0.05, 0) is 69.7 Å². The van der Waals surface area contributed by atoms with E-state index in [0.29, 0.717) is 5.02 Å². The molecule has 4 nitrogen and oxygen atoms in total. The van der Waals surface area contributed by atoms with Crippen LogP contribution >= 0.6 is 11.6 Å². The Morgan fingerprint density at radius 1 is 1.15 bits per heavy atom. The standard InChI is InChI=1S/C21H24ClN3O/c1-15-6-7-19-18(12-15)21(8-10-24(2)11-9-21)14-25(19)20(26)23-17-5-3-4-16(22)13-17/h3-7,12-13H,8-11,14H2,1-2H3,(H,23,26). The number of anilines is 2. The van der Waals surface area contributed by atoms with E-state index in [0.717, 1.165) is 43.9 Å². The van der Waals surface area contributed by atoms with Crippen molar-refractivity contribution in [2.24, 2.45) is 0 Å². The van der Waals surface area contributed by atoms with Crippen LogP contribution in [0, 0.1) is 6.92 Å². The van der Waals surface area contributed by atoms with E-state index in [-0.39, 0.29) is 11.4 Å². The predicted octanol–water partition coefficient (Wildman–Crippen LogP) is 4.66. The number of aryl methyl sites for hydroxylation is 1. The Bertz CT molecular complexity index is 843. The molecule has 2 aromatic rings. The van der Waals surface area contributed by atoms with Crippen LogP contribution in [-0.4, -0.2) is 37.6 Å². The molecular weight excluding hydrogens is 346 g/mol. The molecule has 1 saturated heterocycles. The number of nitrogens with zero attached hydrogens (tertiary/aromatic N) is 2. The molecule has 2 aliphatic heterocycles. The maximum Gasteiger partial charge on any atom is 0.326 e. The van der Waals surface area contributed by atoms with Gasteiger partial charge in [0, 0.05) is 28.4 Å². The van der Waals surface area contributed by atoms with Crippen molar-refractivity contribution in [3.8, 4) is 0 Å². The summed E-state index contributed by atoms with van der Waals surface area (Å²) in [6.45, 7) is 5.00. The molecular formula is C21H24ClN3O. The summed E-state index contributed by atoms with van der Waals surface area (Å²) in [6, 6.07) is 13.7. The fourth-order valence-corrected chi connectivity index (χ4v) is 4.39. The monoisotopic (exact) mass is 369 g/mol. The van der Waals surface area contributed by atoms with E-state index in [1.54, 1.807) is 12.1 Å². The van der Waals surface area contributed by atoms with Crippen LogP contribution < -0.4 is 10.2 Å². The Hall–Kier alpha value is -2.04. The second-order valence-electron chi connectivity index (χ2n) is 7.63. The Morgan fingerprint density at radius 3 is 2.65 bits per heavy atom. The molecule has 4 rings (SSSR count). The Kier molecular flexibility index (Phi) is 4.41. The molecule has 0 aliphatic carbocycles. The number of nitrogens with one attached hydrogen (secondary N) is 1. The molecule has 2 heterocycles. The molecule has 1 fully saturated rings. The molecule has 2 aliphatic rings. The first-order valence-corrected chi connectivity index (χ1v) is 9.48. The van der Waals surface area contributed by atoms with E-state index in [1.807, 2.05) is 17.0 Å². The Labute approximate surface area is 159 Å². The highest BCUT2D eigenvalue weighted by atomic mass is 35.5. The van der Waals surface area contributed by atoms with Crippen molar-refractivity contribution in [1.29, 1.82) is 0 Å². The van der Waals surface area contributed by atoms with E-state index in [9.17, 15) is 4.79 Å². The summed E-state index contributed by atoms with van der Waals surface area (Å²) in [5.41, 5.74) is 4.41. The molecule has 136 valence electrons. The van der Waals surface area contributed by atoms with Crippen molar-refractivity contribution < 1.29 is 4.79 Å². The van der Waals surface area contributed by atoms with Gasteiger partial charge in [-0.2, -0.15) is 0 Å². The number of benzene rings is 2. The molecule has 5 heteroatoms. The molecule has 2 amide bonds. The average Bonchev–Trinajstić information content (AvgIpc) is 2.92. The van der Waals surface area contributed by atoms with Crippen LogP contribution in [0.2, 0.25) is 5.02 Å². The lowest BCUT2D eigenvalue weighted by atomic mass is 9.74. The van der Waals surface area contributed by atoms with Gasteiger partial charge in [0.05, 0.1) is 0 Å². The van der Waals surface area contributed by atoms with Crippen LogP contribution in [0.25, 0.3) is 0 Å². The second kappa shape index (κ2) is 6.60. The summed E-state index contributed by atoms with van der Waals surface area (Å²) in [5.74, 6) is 0. The smallest absolute Gasteiger partial charge is 0.307 e. The van der Waals surface area contributed by atoms with Gasteiger partial charge in [0.15, 0.2) is 0 Å². The van der Waals surface area contributed by atoms with Gasteiger partial charge in [-0.1, -0.05) is 35.4 Å². The number of carbonyl (C=O) groups is 1. The topological polar surface area (TPSA) is 35.6 Å². The highest BCUT2D eigenvalue weighted by Gasteiger charge is 2.46. The minimum absolute atomic E-state index is 0.0690. The molecule has 2 aromatic carbocycles. The normalized spacial score (nSPS) is 18.8. The minimum Gasteiger partial charge on any atom is -0.307 e. The van der Waals surface area contributed by atoms with Gasteiger partial charge in [-0.3, -0.25) is 4.90 Å². The lowest BCUT2D eigenvalue weighted by molar-refractivity contribution is 0.196. The quantitative estimate of drug-likeness (QED) is 0.793. The van der Waals surface area contributed by atoms with Gasteiger partial charge in [-0.25, -0.2) is 4.79 Å². The van der Waals surface area contributed by atoms with E-state index in [4.69, 9.17) is 11.6 Å². The number of carbonyl (C=O) groups excluding carboxylic acids is 1. The SMILES string of the molecule is Cc1ccc2c(c1)C1(CCN(C)CC1)CN2C(=O)Nc1cccc(Cl)c1. The number of likely N-dealkylation sites (tertiary alicyclic amines) is 1. The molecule has 1 spiro atoms. The van der Waals surface area contributed by atoms with Crippen LogP contribution in [-0.2, 0) is 5.41 Å². The summed E-state index contributed by atoms with van der Waals surface area (Å²) in [7, 11) is 2.17. The molecule has 0 aromatic heterocycles. The summed E-state index contributed by atoms with van der Waals surface area (Å²) in [5, 5.41) is 3.62. The first-order valence-electron chi connectivity index (χ1n) is 9.11. The van der Waals surface area contributed by atoms with Gasteiger partial charge in [-0.15, -0.1) is 0 Å².